The van der Waals surface area contributed by atoms with Crippen LogP contribution in [0.5, 0.6) is 0 Å². The zero-order chi connectivity index (χ0) is 22.9. The summed E-state index contributed by atoms with van der Waals surface area (Å²) >= 11 is 1.14. The SMILES string of the molecule is Cc1c(C(=O)OCC(=O)Nc2ccc(-c3ccccc3)cc2)sc2nc3n(c(=O)c12)CCC3. The first-order valence-electron chi connectivity index (χ1n) is 10.7. The molecule has 33 heavy (non-hydrogen) atoms. The average Bonchev–Trinajstić information content (AvgIpc) is 3.43. The van der Waals surface area contributed by atoms with E-state index in [0.29, 0.717) is 32.9 Å². The number of hydrogen-bond donors (Lipinski definition) is 1. The maximum atomic E-state index is 12.8. The van der Waals surface area contributed by atoms with E-state index in [9.17, 15) is 14.4 Å². The minimum atomic E-state index is -0.630. The van der Waals surface area contributed by atoms with E-state index in [0.717, 1.165) is 41.1 Å². The van der Waals surface area contributed by atoms with Crippen molar-refractivity contribution in [1.82, 2.24) is 9.55 Å². The van der Waals surface area contributed by atoms with Crippen LogP contribution in [0.2, 0.25) is 0 Å². The van der Waals surface area contributed by atoms with Crippen molar-refractivity contribution >= 4 is 39.1 Å². The molecule has 4 aromatic rings. The second-order valence-corrected chi connectivity index (χ2v) is 8.89. The highest BCUT2D eigenvalue weighted by Crippen LogP contribution is 2.29. The van der Waals surface area contributed by atoms with Crippen LogP contribution in [0.15, 0.2) is 59.4 Å². The van der Waals surface area contributed by atoms with Gasteiger partial charge in [0.2, 0.25) is 0 Å². The van der Waals surface area contributed by atoms with E-state index in [2.05, 4.69) is 10.3 Å². The number of amides is 1. The molecular formula is C25H21N3O4S. The van der Waals surface area contributed by atoms with Crippen LogP contribution >= 0.6 is 11.3 Å². The van der Waals surface area contributed by atoms with E-state index in [-0.39, 0.29) is 5.56 Å². The molecule has 0 bridgehead atoms. The van der Waals surface area contributed by atoms with Gasteiger partial charge in [-0.1, -0.05) is 42.5 Å². The molecule has 1 aliphatic heterocycles. The topological polar surface area (TPSA) is 90.3 Å². The highest BCUT2D eigenvalue weighted by Gasteiger charge is 2.24. The summed E-state index contributed by atoms with van der Waals surface area (Å²) in [6, 6.07) is 17.4. The Morgan fingerprint density at radius 3 is 2.58 bits per heavy atom. The molecule has 3 heterocycles. The summed E-state index contributed by atoms with van der Waals surface area (Å²) in [5.41, 5.74) is 3.17. The van der Waals surface area contributed by atoms with Crippen LogP contribution in [-0.4, -0.2) is 28.0 Å². The normalized spacial score (nSPS) is 12.5. The van der Waals surface area contributed by atoms with Gasteiger partial charge in [0, 0.05) is 18.7 Å². The Kier molecular flexibility index (Phi) is 5.51. The second kappa shape index (κ2) is 8.63. The summed E-state index contributed by atoms with van der Waals surface area (Å²) in [7, 11) is 0. The lowest BCUT2D eigenvalue weighted by atomic mass is 10.1. The molecule has 2 aromatic heterocycles. The number of nitrogens with one attached hydrogen (secondary N) is 1. The number of carbonyl (C=O) groups excluding carboxylic acids is 2. The van der Waals surface area contributed by atoms with E-state index in [1.807, 2.05) is 42.5 Å². The van der Waals surface area contributed by atoms with E-state index in [1.165, 1.54) is 0 Å². The van der Waals surface area contributed by atoms with Crippen molar-refractivity contribution in [3.8, 4) is 11.1 Å². The predicted molar refractivity (Wildman–Crippen MR) is 128 cm³/mol. The molecule has 0 saturated carbocycles. The van der Waals surface area contributed by atoms with Crippen molar-refractivity contribution in [3.63, 3.8) is 0 Å². The van der Waals surface area contributed by atoms with Crippen molar-refractivity contribution in [1.29, 1.82) is 0 Å². The molecule has 0 atom stereocenters. The summed E-state index contributed by atoms with van der Waals surface area (Å²) in [4.78, 5) is 43.1. The molecule has 8 heteroatoms. The first-order valence-corrected chi connectivity index (χ1v) is 11.5. The molecular weight excluding hydrogens is 438 g/mol. The summed E-state index contributed by atoms with van der Waals surface area (Å²) in [5.74, 6) is -0.312. The lowest BCUT2D eigenvalue weighted by Crippen LogP contribution is -2.21. The fourth-order valence-corrected chi connectivity index (χ4v) is 5.12. The molecule has 0 aliphatic carbocycles. The number of anilines is 1. The van der Waals surface area contributed by atoms with Crippen LogP contribution in [0.25, 0.3) is 21.3 Å². The largest absolute Gasteiger partial charge is 0.451 e. The quantitative estimate of drug-likeness (QED) is 0.452. The Labute approximate surface area is 193 Å². The fraction of sp³-hybridized carbons (Fsp3) is 0.200. The smallest absolute Gasteiger partial charge is 0.349 e. The van der Waals surface area contributed by atoms with Gasteiger partial charge in [-0.3, -0.25) is 14.2 Å². The van der Waals surface area contributed by atoms with Gasteiger partial charge in [0.1, 0.15) is 15.5 Å². The van der Waals surface area contributed by atoms with E-state index < -0.39 is 18.5 Å². The number of aromatic nitrogens is 2. The monoisotopic (exact) mass is 459 g/mol. The van der Waals surface area contributed by atoms with Gasteiger partial charge in [0.05, 0.1) is 5.39 Å². The second-order valence-electron chi connectivity index (χ2n) is 7.89. The molecule has 1 aliphatic rings. The van der Waals surface area contributed by atoms with Gasteiger partial charge in [-0.05, 0) is 42.2 Å². The van der Waals surface area contributed by atoms with Gasteiger partial charge in [-0.15, -0.1) is 11.3 Å². The van der Waals surface area contributed by atoms with Gasteiger partial charge in [-0.2, -0.15) is 0 Å². The maximum Gasteiger partial charge on any atom is 0.349 e. The first kappa shape index (κ1) is 21.1. The Bertz CT molecular complexity index is 1420. The highest BCUT2D eigenvalue weighted by molar-refractivity contribution is 7.20. The molecule has 0 fully saturated rings. The van der Waals surface area contributed by atoms with Crippen LogP contribution in [0.3, 0.4) is 0 Å². The lowest BCUT2D eigenvalue weighted by molar-refractivity contribution is -0.119. The summed E-state index contributed by atoms with van der Waals surface area (Å²) in [6.45, 7) is 1.95. The number of thiophene rings is 1. The number of hydrogen-bond acceptors (Lipinski definition) is 6. The average molecular weight is 460 g/mol. The molecule has 0 spiro atoms. The number of carbonyl (C=O) groups is 2. The third-order valence-electron chi connectivity index (χ3n) is 5.71. The fourth-order valence-electron chi connectivity index (χ4n) is 4.04. The van der Waals surface area contributed by atoms with Gasteiger partial charge in [0.25, 0.3) is 11.5 Å². The number of fused-ring (bicyclic) bond motifs is 2. The first-order chi connectivity index (χ1) is 16.0. The number of aryl methyl sites for hydroxylation is 2. The lowest BCUT2D eigenvalue weighted by Gasteiger charge is -2.08. The number of ether oxygens (including phenoxy) is 1. The standard InChI is InChI=1S/C25H21N3O4S/c1-15-21-23(27-19-8-5-13-28(19)24(21)30)33-22(15)25(31)32-14-20(29)26-18-11-9-17(10-12-18)16-6-3-2-4-7-16/h2-4,6-7,9-12H,5,8,13-14H2,1H3,(H,26,29). The number of benzene rings is 2. The van der Waals surface area contributed by atoms with Crippen LogP contribution in [0.4, 0.5) is 5.69 Å². The van der Waals surface area contributed by atoms with Gasteiger partial charge in [0.15, 0.2) is 6.61 Å². The summed E-state index contributed by atoms with van der Waals surface area (Å²) < 4.78 is 6.90. The summed E-state index contributed by atoms with van der Waals surface area (Å²) in [6.07, 6.45) is 1.66. The summed E-state index contributed by atoms with van der Waals surface area (Å²) in [5, 5.41) is 3.19. The number of rotatable bonds is 5. The van der Waals surface area contributed by atoms with Crippen molar-refractivity contribution in [2.45, 2.75) is 26.3 Å². The molecule has 0 saturated heterocycles. The zero-order valence-electron chi connectivity index (χ0n) is 18.0. The molecule has 5 rings (SSSR count). The number of nitrogens with zero attached hydrogens (tertiary/aromatic N) is 2. The van der Waals surface area contributed by atoms with Crippen molar-refractivity contribution in [2.24, 2.45) is 0 Å². The van der Waals surface area contributed by atoms with Crippen molar-refractivity contribution < 1.29 is 14.3 Å². The van der Waals surface area contributed by atoms with Crippen molar-refractivity contribution in [2.75, 3.05) is 11.9 Å². The minimum Gasteiger partial charge on any atom is -0.451 e. The predicted octanol–water partition coefficient (Wildman–Crippen LogP) is 4.18. The van der Waals surface area contributed by atoms with Crippen LogP contribution < -0.4 is 10.9 Å². The molecule has 1 amide bonds. The molecule has 166 valence electrons. The molecule has 0 unspecified atom stereocenters. The Morgan fingerprint density at radius 1 is 1.09 bits per heavy atom. The molecule has 2 aromatic carbocycles. The Morgan fingerprint density at radius 2 is 1.82 bits per heavy atom. The molecule has 1 N–H and O–H groups in total. The van der Waals surface area contributed by atoms with Gasteiger partial charge in [-0.25, -0.2) is 9.78 Å². The number of esters is 1. The van der Waals surface area contributed by atoms with Crippen LogP contribution in [0.1, 0.15) is 27.5 Å². The van der Waals surface area contributed by atoms with E-state index >= 15 is 0 Å². The highest BCUT2D eigenvalue weighted by atomic mass is 32.1. The third kappa shape index (κ3) is 4.05. The zero-order valence-corrected chi connectivity index (χ0v) is 18.8. The Hall–Kier alpha value is -3.78. The molecule has 7 nitrogen and oxygen atoms in total. The van der Waals surface area contributed by atoms with Gasteiger partial charge < -0.3 is 10.1 Å². The van der Waals surface area contributed by atoms with Crippen LogP contribution in [0, 0.1) is 6.92 Å². The minimum absolute atomic E-state index is 0.114. The van der Waals surface area contributed by atoms with E-state index in [4.69, 9.17) is 4.74 Å². The van der Waals surface area contributed by atoms with Crippen LogP contribution in [-0.2, 0) is 22.5 Å². The maximum absolute atomic E-state index is 12.8. The van der Waals surface area contributed by atoms with Gasteiger partial charge >= 0.3 is 5.97 Å². The Balaban J connectivity index is 1.24. The van der Waals surface area contributed by atoms with Crippen molar-refractivity contribution in [3.05, 3.63) is 81.2 Å². The van der Waals surface area contributed by atoms with E-state index in [1.54, 1.807) is 23.6 Å². The molecule has 0 radical (unpaired) electrons. The third-order valence-corrected chi connectivity index (χ3v) is 6.87.